The lowest BCUT2D eigenvalue weighted by Crippen LogP contribution is -2.19. The van der Waals surface area contributed by atoms with Gasteiger partial charge in [-0.1, -0.05) is 20.3 Å². The fourth-order valence-corrected chi connectivity index (χ4v) is 2.19. The Morgan fingerprint density at radius 2 is 2.22 bits per heavy atom. The van der Waals surface area contributed by atoms with Gasteiger partial charge in [0, 0.05) is 11.6 Å². The van der Waals surface area contributed by atoms with E-state index < -0.39 is 4.92 Å². The first-order valence-corrected chi connectivity index (χ1v) is 6.86. The Morgan fingerprint density at radius 1 is 1.56 bits per heavy atom. The number of nitro groups is 1. The van der Waals surface area contributed by atoms with Crippen LogP contribution in [0.25, 0.3) is 0 Å². The summed E-state index contributed by atoms with van der Waals surface area (Å²) < 4.78 is 0.672. The lowest BCUT2D eigenvalue weighted by atomic mass is 10.1. The van der Waals surface area contributed by atoms with Crippen molar-refractivity contribution in [2.45, 2.75) is 46.1 Å². The largest absolute Gasteiger partial charge is 0.366 e. The Hall–Kier alpha value is -1.17. The molecular formula is C12H18BrN3O2. The zero-order valence-corrected chi connectivity index (χ0v) is 12.5. The van der Waals surface area contributed by atoms with E-state index in [0.29, 0.717) is 21.9 Å². The predicted octanol–water partition coefficient (Wildman–Crippen LogP) is 4.05. The molecule has 1 aromatic heterocycles. The molecule has 0 aromatic carbocycles. The zero-order chi connectivity index (χ0) is 13.7. The maximum Gasteiger partial charge on any atom is 0.291 e. The third-order valence-electron chi connectivity index (χ3n) is 2.90. The van der Waals surface area contributed by atoms with Crippen LogP contribution in [-0.4, -0.2) is 15.9 Å². The summed E-state index contributed by atoms with van der Waals surface area (Å²) in [5.74, 6) is 0.679. The maximum atomic E-state index is 10.8. The van der Waals surface area contributed by atoms with Gasteiger partial charge in [0.2, 0.25) is 0 Å². The predicted molar refractivity (Wildman–Crippen MR) is 75.9 cm³/mol. The fourth-order valence-electron chi connectivity index (χ4n) is 1.77. The van der Waals surface area contributed by atoms with Gasteiger partial charge in [0.1, 0.15) is 12.0 Å². The van der Waals surface area contributed by atoms with Crippen LogP contribution in [0, 0.1) is 17.0 Å². The second-order valence-corrected chi connectivity index (χ2v) is 5.02. The Labute approximate surface area is 115 Å². The molecule has 0 aliphatic rings. The third kappa shape index (κ3) is 3.41. The van der Waals surface area contributed by atoms with Crippen molar-refractivity contribution in [2.75, 3.05) is 5.32 Å². The van der Waals surface area contributed by atoms with E-state index in [9.17, 15) is 10.1 Å². The van der Waals surface area contributed by atoms with Gasteiger partial charge in [0.15, 0.2) is 0 Å². The van der Waals surface area contributed by atoms with E-state index in [-0.39, 0.29) is 5.69 Å². The van der Waals surface area contributed by atoms with Crippen molar-refractivity contribution in [3.63, 3.8) is 0 Å². The molecule has 0 saturated heterocycles. The molecule has 0 bridgehead atoms. The van der Waals surface area contributed by atoms with E-state index >= 15 is 0 Å². The molecule has 1 N–H and O–H groups in total. The minimum atomic E-state index is -0.416. The van der Waals surface area contributed by atoms with Gasteiger partial charge < -0.3 is 5.32 Å². The number of nitrogens with one attached hydrogen (secondary N) is 1. The average molecular weight is 316 g/mol. The van der Waals surface area contributed by atoms with Crippen molar-refractivity contribution < 1.29 is 4.92 Å². The molecule has 0 amide bonds. The average Bonchev–Trinajstić information content (AvgIpc) is 2.33. The van der Waals surface area contributed by atoms with Gasteiger partial charge in [-0.2, -0.15) is 0 Å². The topological polar surface area (TPSA) is 68.1 Å². The summed E-state index contributed by atoms with van der Waals surface area (Å²) in [7, 11) is 0. The number of hydrogen-bond acceptors (Lipinski definition) is 4. The highest BCUT2D eigenvalue weighted by Gasteiger charge is 2.18. The molecule has 1 aromatic rings. The lowest BCUT2D eigenvalue weighted by molar-refractivity contribution is -0.385. The van der Waals surface area contributed by atoms with Gasteiger partial charge in [0.05, 0.1) is 9.40 Å². The number of nitrogens with zero attached hydrogens (tertiary/aromatic N) is 2. The number of anilines is 1. The first-order valence-electron chi connectivity index (χ1n) is 6.07. The molecule has 1 rings (SSSR count). The van der Waals surface area contributed by atoms with E-state index in [1.165, 1.54) is 6.20 Å². The van der Waals surface area contributed by atoms with Crippen molar-refractivity contribution in [3.8, 4) is 0 Å². The summed E-state index contributed by atoms with van der Waals surface area (Å²) >= 11 is 3.38. The van der Waals surface area contributed by atoms with Gasteiger partial charge in [-0.25, -0.2) is 4.98 Å². The minimum Gasteiger partial charge on any atom is -0.366 e. The highest BCUT2D eigenvalue weighted by Crippen LogP contribution is 2.31. The van der Waals surface area contributed by atoms with Gasteiger partial charge in [-0.05, 0) is 35.7 Å². The monoisotopic (exact) mass is 315 g/mol. The molecule has 1 heterocycles. The SMILES string of the molecule is CCCC(CC)Nc1ncc([N+](=O)[O-])c(C)c1Br. The molecule has 0 radical (unpaired) electrons. The molecule has 5 nitrogen and oxygen atoms in total. The summed E-state index contributed by atoms with van der Waals surface area (Å²) in [4.78, 5) is 14.5. The molecule has 18 heavy (non-hydrogen) atoms. The van der Waals surface area contributed by atoms with Gasteiger partial charge in [-0.3, -0.25) is 10.1 Å². The molecular weight excluding hydrogens is 298 g/mol. The van der Waals surface area contributed by atoms with Crippen molar-refractivity contribution in [1.82, 2.24) is 4.98 Å². The van der Waals surface area contributed by atoms with E-state index in [2.05, 4.69) is 40.1 Å². The second kappa shape index (κ2) is 6.68. The van der Waals surface area contributed by atoms with Crippen molar-refractivity contribution in [2.24, 2.45) is 0 Å². The van der Waals surface area contributed by atoms with Gasteiger partial charge in [0.25, 0.3) is 5.69 Å². The molecule has 1 atom stereocenters. The van der Waals surface area contributed by atoms with Crippen LogP contribution in [-0.2, 0) is 0 Å². The molecule has 100 valence electrons. The highest BCUT2D eigenvalue weighted by atomic mass is 79.9. The van der Waals surface area contributed by atoms with E-state index in [4.69, 9.17) is 0 Å². The third-order valence-corrected chi connectivity index (χ3v) is 3.88. The molecule has 0 aliphatic heterocycles. The smallest absolute Gasteiger partial charge is 0.291 e. The Balaban J connectivity index is 2.98. The molecule has 0 spiro atoms. The Morgan fingerprint density at radius 3 is 2.72 bits per heavy atom. The van der Waals surface area contributed by atoms with Crippen LogP contribution >= 0.6 is 15.9 Å². The van der Waals surface area contributed by atoms with Crippen LogP contribution in [0.1, 0.15) is 38.7 Å². The quantitative estimate of drug-likeness (QED) is 0.635. The van der Waals surface area contributed by atoms with Crippen LogP contribution in [0.2, 0.25) is 0 Å². The normalized spacial score (nSPS) is 12.2. The molecule has 0 saturated carbocycles. The van der Waals surface area contributed by atoms with E-state index in [1.807, 2.05) is 0 Å². The summed E-state index contributed by atoms with van der Waals surface area (Å²) in [5.41, 5.74) is 0.639. The van der Waals surface area contributed by atoms with Gasteiger partial charge in [-0.15, -0.1) is 0 Å². The Bertz CT molecular complexity index is 438. The molecule has 6 heteroatoms. The molecule has 0 fully saturated rings. The van der Waals surface area contributed by atoms with Crippen LogP contribution in [0.5, 0.6) is 0 Å². The number of halogens is 1. The first-order chi connectivity index (χ1) is 8.51. The van der Waals surface area contributed by atoms with Crippen LogP contribution < -0.4 is 5.32 Å². The van der Waals surface area contributed by atoms with Crippen molar-refractivity contribution in [1.29, 1.82) is 0 Å². The Kier molecular flexibility index (Phi) is 5.53. The van der Waals surface area contributed by atoms with Crippen molar-refractivity contribution >= 4 is 27.4 Å². The van der Waals surface area contributed by atoms with Crippen LogP contribution in [0.15, 0.2) is 10.7 Å². The van der Waals surface area contributed by atoms with E-state index in [0.717, 1.165) is 19.3 Å². The zero-order valence-electron chi connectivity index (χ0n) is 10.9. The summed E-state index contributed by atoms with van der Waals surface area (Å²) in [6.07, 6.45) is 4.45. The second-order valence-electron chi connectivity index (χ2n) is 4.23. The summed E-state index contributed by atoms with van der Waals surface area (Å²) in [6, 6.07) is 0.347. The van der Waals surface area contributed by atoms with Gasteiger partial charge >= 0.3 is 0 Å². The first kappa shape index (κ1) is 14.9. The minimum absolute atomic E-state index is 0.0379. The molecule has 1 unspecified atom stereocenters. The highest BCUT2D eigenvalue weighted by molar-refractivity contribution is 9.10. The van der Waals surface area contributed by atoms with Crippen LogP contribution in [0.3, 0.4) is 0 Å². The fraction of sp³-hybridized carbons (Fsp3) is 0.583. The lowest BCUT2D eigenvalue weighted by Gasteiger charge is -2.18. The van der Waals surface area contributed by atoms with Crippen molar-refractivity contribution in [3.05, 3.63) is 26.3 Å². The number of aromatic nitrogens is 1. The maximum absolute atomic E-state index is 10.8. The summed E-state index contributed by atoms with van der Waals surface area (Å²) in [5, 5.41) is 14.1. The van der Waals surface area contributed by atoms with E-state index in [1.54, 1.807) is 6.92 Å². The standard InChI is InChI=1S/C12H18BrN3O2/c1-4-6-9(5-2)15-12-11(13)8(3)10(7-14-12)16(17)18/h7,9H,4-6H2,1-3H3,(H,14,15). The number of rotatable bonds is 6. The van der Waals surface area contributed by atoms with Crippen LogP contribution in [0.4, 0.5) is 11.5 Å². The molecule has 0 aliphatic carbocycles. The number of pyridine rings is 1. The number of hydrogen-bond donors (Lipinski definition) is 1. The summed E-state index contributed by atoms with van der Waals surface area (Å²) in [6.45, 7) is 5.96.